The quantitative estimate of drug-likeness (QED) is 0.461. The second-order valence-electron chi connectivity index (χ2n) is 8.72. The Morgan fingerprint density at radius 3 is 2.59 bits per heavy atom. The summed E-state index contributed by atoms with van der Waals surface area (Å²) >= 11 is 0. The first-order valence-corrected chi connectivity index (χ1v) is 12.3. The van der Waals surface area contributed by atoms with Gasteiger partial charge in [-0.25, -0.2) is 21.2 Å². The van der Waals surface area contributed by atoms with Crippen molar-refractivity contribution in [2.24, 2.45) is 0 Å². The molecule has 0 spiro atoms. The molecular weight excluding hydrogens is 464 g/mol. The molecule has 34 heavy (non-hydrogen) atoms. The smallest absolute Gasteiger partial charge is 0.238 e. The van der Waals surface area contributed by atoms with E-state index in [9.17, 15) is 12.8 Å². The first-order valence-electron chi connectivity index (χ1n) is 10.7. The number of nitrogens with one attached hydrogen (secondary N) is 1. The minimum absolute atomic E-state index is 0.0120. The van der Waals surface area contributed by atoms with Gasteiger partial charge in [-0.3, -0.25) is 4.57 Å². The summed E-state index contributed by atoms with van der Waals surface area (Å²) in [7, 11) is -2.29. The third kappa shape index (κ3) is 3.03. The Morgan fingerprint density at radius 1 is 1.18 bits per heavy atom. The zero-order valence-electron chi connectivity index (χ0n) is 19.3. The molecule has 0 aliphatic carbocycles. The van der Waals surface area contributed by atoms with E-state index in [1.54, 1.807) is 11.5 Å². The molecule has 1 aliphatic heterocycles. The van der Waals surface area contributed by atoms with Crippen LogP contribution in [0.25, 0.3) is 27.7 Å². The fraction of sp³-hybridized carbons (Fsp3) is 0.304. The molecule has 8 nitrogen and oxygen atoms in total. The number of hydrogen-bond donors (Lipinski definition) is 1. The fourth-order valence-corrected chi connectivity index (χ4v) is 5.56. The summed E-state index contributed by atoms with van der Waals surface area (Å²) < 4.78 is 64.1. The zero-order valence-corrected chi connectivity index (χ0v) is 20.1. The summed E-state index contributed by atoms with van der Waals surface area (Å²) in [6.45, 7) is 7.09. The summed E-state index contributed by atoms with van der Waals surface area (Å²) in [6, 6.07) is 5.17. The molecule has 1 N–H and O–H groups in total. The Kier molecular flexibility index (Phi) is 4.77. The van der Waals surface area contributed by atoms with Crippen molar-refractivity contribution in [2.45, 2.75) is 33.2 Å². The van der Waals surface area contributed by atoms with Crippen LogP contribution in [0.15, 0.2) is 30.5 Å². The standard InChI is InChI=1S/C23H23F2N5O3S/c1-6-34(31,32)29-8-7-14-15(9-13(24)10-18(14)29)19-16(25)11-17-20(21(19)33-5)30-12(2)27-28-22(30)23(3,4)26-17/h7-11,26H,6H2,1-5H3. The Bertz CT molecular complexity index is 1590. The maximum absolute atomic E-state index is 15.7. The van der Waals surface area contributed by atoms with Gasteiger partial charge >= 0.3 is 0 Å². The molecule has 0 bridgehead atoms. The topological polar surface area (TPSA) is 91.0 Å². The second-order valence-corrected chi connectivity index (χ2v) is 10.9. The van der Waals surface area contributed by atoms with Crippen LogP contribution in [0, 0.1) is 18.6 Å². The van der Waals surface area contributed by atoms with E-state index in [1.165, 1.54) is 38.4 Å². The van der Waals surface area contributed by atoms with Gasteiger partial charge in [-0.15, -0.1) is 10.2 Å². The molecule has 11 heteroatoms. The zero-order chi connectivity index (χ0) is 24.6. The summed E-state index contributed by atoms with van der Waals surface area (Å²) in [5.41, 5.74) is 0.639. The molecular formula is C23H23F2N5O3S. The van der Waals surface area contributed by atoms with E-state index < -0.39 is 27.2 Å². The third-order valence-corrected chi connectivity index (χ3v) is 7.78. The van der Waals surface area contributed by atoms with E-state index in [4.69, 9.17) is 4.74 Å². The molecule has 1 aliphatic rings. The highest BCUT2D eigenvalue weighted by molar-refractivity contribution is 7.90. The Balaban J connectivity index is 1.88. The number of halogens is 2. The number of ether oxygens (including phenoxy) is 1. The second kappa shape index (κ2) is 7.26. The van der Waals surface area contributed by atoms with E-state index in [0.717, 1.165) is 10.0 Å². The van der Waals surface area contributed by atoms with Crippen LogP contribution in [0.3, 0.4) is 0 Å². The molecule has 0 fully saturated rings. The number of rotatable bonds is 4. The number of nitrogens with zero attached hydrogens (tertiary/aromatic N) is 4. The predicted molar refractivity (Wildman–Crippen MR) is 125 cm³/mol. The lowest BCUT2D eigenvalue weighted by molar-refractivity contribution is 0.408. The number of hydrogen-bond acceptors (Lipinski definition) is 6. The molecule has 2 aromatic carbocycles. The summed E-state index contributed by atoms with van der Waals surface area (Å²) in [5, 5.41) is 12.1. The fourth-order valence-electron chi connectivity index (χ4n) is 4.58. The summed E-state index contributed by atoms with van der Waals surface area (Å²) in [4.78, 5) is 0. The van der Waals surface area contributed by atoms with Crippen LogP contribution in [-0.2, 0) is 15.6 Å². The van der Waals surface area contributed by atoms with E-state index in [-0.39, 0.29) is 28.1 Å². The normalized spacial score (nSPS) is 14.6. The van der Waals surface area contributed by atoms with Gasteiger partial charge in [0, 0.05) is 23.2 Å². The number of aryl methyl sites for hydroxylation is 1. The van der Waals surface area contributed by atoms with Gasteiger partial charge in [0.2, 0.25) is 10.0 Å². The first kappa shape index (κ1) is 22.3. The van der Waals surface area contributed by atoms with Crippen LogP contribution in [0.5, 0.6) is 5.75 Å². The van der Waals surface area contributed by atoms with Gasteiger partial charge in [-0.2, -0.15) is 0 Å². The molecule has 5 rings (SSSR count). The molecule has 0 unspecified atom stereocenters. The van der Waals surface area contributed by atoms with Gasteiger partial charge in [0.15, 0.2) is 11.6 Å². The molecule has 0 saturated heterocycles. The highest BCUT2D eigenvalue weighted by atomic mass is 32.2. The van der Waals surface area contributed by atoms with Crippen molar-refractivity contribution in [3.63, 3.8) is 0 Å². The SMILES string of the molecule is CCS(=O)(=O)n1ccc2c(-c3c(F)cc4c(c3OC)-n3c(C)nnc3C(C)(C)N4)cc(F)cc21. The largest absolute Gasteiger partial charge is 0.494 e. The molecule has 0 saturated carbocycles. The minimum Gasteiger partial charge on any atom is -0.494 e. The lowest BCUT2D eigenvalue weighted by atomic mass is 9.94. The van der Waals surface area contributed by atoms with Gasteiger partial charge in [0.1, 0.15) is 23.1 Å². The summed E-state index contributed by atoms with van der Waals surface area (Å²) in [5.74, 6) is -0.181. The Labute approximate surface area is 195 Å². The first-order chi connectivity index (χ1) is 16.0. The van der Waals surface area contributed by atoms with Crippen molar-refractivity contribution in [3.05, 3.63) is 53.7 Å². The van der Waals surface area contributed by atoms with E-state index >= 15 is 4.39 Å². The average Bonchev–Trinajstić information content (AvgIpc) is 3.37. The molecule has 3 heterocycles. The van der Waals surface area contributed by atoms with Crippen molar-refractivity contribution in [2.75, 3.05) is 18.2 Å². The predicted octanol–water partition coefficient (Wildman–Crippen LogP) is 4.34. The van der Waals surface area contributed by atoms with Crippen molar-refractivity contribution in [3.8, 4) is 22.6 Å². The van der Waals surface area contributed by atoms with Crippen molar-refractivity contribution >= 4 is 26.6 Å². The molecule has 4 aromatic rings. The highest BCUT2D eigenvalue weighted by Crippen LogP contribution is 2.48. The molecule has 178 valence electrons. The van der Waals surface area contributed by atoms with Gasteiger partial charge in [-0.1, -0.05) is 0 Å². The lowest BCUT2D eigenvalue weighted by Gasteiger charge is -2.35. The number of anilines is 1. The number of methoxy groups -OCH3 is 1. The third-order valence-electron chi connectivity index (χ3n) is 6.14. The van der Waals surface area contributed by atoms with Crippen LogP contribution >= 0.6 is 0 Å². The van der Waals surface area contributed by atoms with Gasteiger partial charge < -0.3 is 10.1 Å². The highest BCUT2D eigenvalue weighted by Gasteiger charge is 2.37. The van der Waals surface area contributed by atoms with Gasteiger partial charge in [0.05, 0.1) is 35.2 Å². The number of fused-ring (bicyclic) bond motifs is 4. The van der Waals surface area contributed by atoms with Crippen molar-refractivity contribution < 1.29 is 21.9 Å². The monoisotopic (exact) mass is 487 g/mol. The molecule has 0 atom stereocenters. The molecule has 2 aromatic heterocycles. The molecule has 0 amide bonds. The van der Waals surface area contributed by atoms with Crippen molar-refractivity contribution in [1.82, 2.24) is 18.7 Å². The van der Waals surface area contributed by atoms with Crippen LogP contribution in [0.4, 0.5) is 14.5 Å². The van der Waals surface area contributed by atoms with Crippen LogP contribution in [0.1, 0.15) is 32.4 Å². The van der Waals surface area contributed by atoms with Gasteiger partial charge in [-0.05, 0) is 45.9 Å². The Morgan fingerprint density at radius 2 is 1.91 bits per heavy atom. The molecule has 0 radical (unpaired) electrons. The van der Waals surface area contributed by atoms with Gasteiger partial charge in [0.25, 0.3) is 0 Å². The Hall–Kier alpha value is -3.47. The average molecular weight is 488 g/mol. The van der Waals surface area contributed by atoms with E-state index in [1.807, 2.05) is 13.8 Å². The van der Waals surface area contributed by atoms with Crippen molar-refractivity contribution in [1.29, 1.82) is 0 Å². The van der Waals surface area contributed by atoms with Crippen LogP contribution in [0.2, 0.25) is 0 Å². The maximum atomic E-state index is 15.7. The number of aromatic nitrogens is 4. The van der Waals surface area contributed by atoms with Crippen LogP contribution in [-0.4, -0.2) is 40.0 Å². The lowest BCUT2D eigenvalue weighted by Crippen LogP contribution is -2.36. The minimum atomic E-state index is -3.69. The van der Waals surface area contributed by atoms with Crippen LogP contribution < -0.4 is 10.1 Å². The maximum Gasteiger partial charge on any atom is 0.238 e. The van der Waals surface area contributed by atoms with E-state index in [2.05, 4.69) is 15.5 Å². The summed E-state index contributed by atoms with van der Waals surface area (Å²) in [6.07, 6.45) is 1.35. The number of benzene rings is 2. The van der Waals surface area contributed by atoms with E-state index in [0.29, 0.717) is 28.4 Å².